The molecule has 0 aromatic carbocycles. The fraction of sp³-hybridized carbons (Fsp3) is 0.467. The van der Waals surface area contributed by atoms with Crippen molar-refractivity contribution in [1.29, 1.82) is 0 Å². The van der Waals surface area contributed by atoms with Gasteiger partial charge in [0.05, 0.1) is 29.7 Å². The molecule has 4 rings (SSSR count). The molecule has 22 heavy (non-hydrogen) atoms. The first-order chi connectivity index (χ1) is 10.7. The number of anilines is 1. The topological polar surface area (TPSA) is 63.9 Å². The van der Waals surface area contributed by atoms with Gasteiger partial charge in [-0.05, 0) is 18.9 Å². The summed E-state index contributed by atoms with van der Waals surface area (Å²) in [4.78, 5) is 22.4. The molecule has 0 atom stereocenters. The van der Waals surface area contributed by atoms with Crippen LogP contribution >= 0.6 is 11.6 Å². The Labute approximate surface area is 132 Å². The highest BCUT2D eigenvalue weighted by Crippen LogP contribution is 2.38. The molecule has 1 aliphatic heterocycles. The van der Waals surface area contributed by atoms with Crippen molar-refractivity contribution in [1.82, 2.24) is 19.7 Å². The molecule has 2 aliphatic rings. The van der Waals surface area contributed by atoms with Crippen LogP contribution in [0.5, 0.6) is 0 Å². The van der Waals surface area contributed by atoms with Crippen molar-refractivity contribution in [2.45, 2.75) is 25.3 Å². The van der Waals surface area contributed by atoms with Gasteiger partial charge in [-0.15, -0.1) is 0 Å². The molecule has 0 unspecified atom stereocenters. The molecule has 1 saturated heterocycles. The molecule has 3 heterocycles. The molecule has 0 spiro atoms. The van der Waals surface area contributed by atoms with Crippen LogP contribution in [0.3, 0.4) is 0 Å². The Hall–Kier alpha value is -1.95. The maximum absolute atomic E-state index is 11.9. The fourth-order valence-electron chi connectivity index (χ4n) is 2.75. The van der Waals surface area contributed by atoms with E-state index in [0.29, 0.717) is 29.4 Å². The Bertz CT molecular complexity index is 734. The van der Waals surface area contributed by atoms with Crippen LogP contribution in [0.25, 0.3) is 0 Å². The van der Waals surface area contributed by atoms with Gasteiger partial charge in [0, 0.05) is 31.0 Å². The summed E-state index contributed by atoms with van der Waals surface area (Å²) in [6.07, 6.45) is 5.58. The highest BCUT2D eigenvalue weighted by molar-refractivity contribution is 6.30. The van der Waals surface area contributed by atoms with Crippen LogP contribution in [0, 0.1) is 5.92 Å². The lowest BCUT2D eigenvalue weighted by atomic mass is 10.0. The van der Waals surface area contributed by atoms with Crippen LogP contribution in [0.15, 0.2) is 29.3 Å². The second kappa shape index (κ2) is 5.35. The zero-order chi connectivity index (χ0) is 15.1. The highest BCUT2D eigenvalue weighted by Gasteiger charge is 2.30. The van der Waals surface area contributed by atoms with Crippen LogP contribution in [-0.2, 0) is 6.54 Å². The van der Waals surface area contributed by atoms with E-state index < -0.39 is 0 Å². The maximum atomic E-state index is 11.9. The Morgan fingerprint density at radius 3 is 2.59 bits per heavy atom. The van der Waals surface area contributed by atoms with Crippen molar-refractivity contribution >= 4 is 17.5 Å². The molecule has 2 aromatic heterocycles. The van der Waals surface area contributed by atoms with Crippen LogP contribution in [0.4, 0.5) is 5.95 Å². The quantitative estimate of drug-likeness (QED) is 0.859. The van der Waals surface area contributed by atoms with Crippen molar-refractivity contribution in [3.05, 3.63) is 45.6 Å². The molecule has 0 amide bonds. The van der Waals surface area contributed by atoms with Crippen LogP contribution in [0.1, 0.15) is 24.5 Å². The zero-order valence-electron chi connectivity index (χ0n) is 12.0. The monoisotopic (exact) mass is 317 g/mol. The fourth-order valence-corrected chi connectivity index (χ4v) is 2.85. The third kappa shape index (κ3) is 2.70. The summed E-state index contributed by atoms with van der Waals surface area (Å²) in [5, 5.41) is 5.04. The molecule has 0 N–H and O–H groups in total. The van der Waals surface area contributed by atoms with Gasteiger partial charge in [-0.25, -0.2) is 14.6 Å². The summed E-state index contributed by atoms with van der Waals surface area (Å²) in [5.41, 5.74) is 1.03. The summed E-state index contributed by atoms with van der Waals surface area (Å²) < 4.78 is 1.61. The third-order valence-corrected chi connectivity index (χ3v) is 4.36. The van der Waals surface area contributed by atoms with Gasteiger partial charge < -0.3 is 4.90 Å². The summed E-state index contributed by atoms with van der Waals surface area (Å²) in [7, 11) is 0. The van der Waals surface area contributed by atoms with Gasteiger partial charge in [0.2, 0.25) is 5.95 Å². The second-order valence-corrected chi connectivity index (χ2v) is 6.46. The molecule has 6 nitrogen and oxygen atoms in total. The van der Waals surface area contributed by atoms with E-state index in [1.165, 1.54) is 12.8 Å². The number of hydrogen-bond donors (Lipinski definition) is 0. The SMILES string of the molecule is O=c1ccc(C2CC2)nn1CC1CN(c2ncc(Cl)cn2)C1. The largest absolute Gasteiger partial charge is 0.340 e. The van der Waals surface area contributed by atoms with E-state index in [2.05, 4.69) is 20.0 Å². The minimum Gasteiger partial charge on any atom is -0.340 e. The van der Waals surface area contributed by atoms with E-state index in [-0.39, 0.29) is 5.56 Å². The van der Waals surface area contributed by atoms with E-state index >= 15 is 0 Å². The summed E-state index contributed by atoms with van der Waals surface area (Å²) in [6.45, 7) is 2.33. The van der Waals surface area contributed by atoms with Gasteiger partial charge in [0.25, 0.3) is 5.56 Å². The van der Waals surface area contributed by atoms with Crippen LogP contribution < -0.4 is 10.5 Å². The Morgan fingerprint density at radius 2 is 1.91 bits per heavy atom. The zero-order valence-corrected chi connectivity index (χ0v) is 12.8. The van der Waals surface area contributed by atoms with E-state index in [1.807, 2.05) is 6.07 Å². The standard InChI is InChI=1S/C15H16ClN5O/c16-12-5-17-15(18-6-12)20-7-10(8-20)9-21-14(22)4-3-13(19-21)11-1-2-11/h3-6,10-11H,1-2,7-9H2. The molecule has 0 radical (unpaired) electrons. The Kier molecular flexibility index (Phi) is 3.33. The van der Waals surface area contributed by atoms with E-state index in [9.17, 15) is 4.79 Å². The molecule has 7 heteroatoms. The van der Waals surface area contributed by atoms with Crippen molar-refractivity contribution in [3.8, 4) is 0 Å². The first-order valence-electron chi connectivity index (χ1n) is 7.49. The molecule has 1 saturated carbocycles. The number of aromatic nitrogens is 4. The molecular formula is C15H16ClN5O. The van der Waals surface area contributed by atoms with E-state index in [0.717, 1.165) is 18.8 Å². The first-order valence-corrected chi connectivity index (χ1v) is 7.87. The lowest BCUT2D eigenvalue weighted by Crippen LogP contribution is -2.50. The first kappa shape index (κ1) is 13.7. The normalized spacial score (nSPS) is 18.3. The van der Waals surface area contributed by atoms with Gasteiger partial charge in [0.1, 0.15) is 0 Å². The Balaban J connectivity index is 1.40. The van der Waals surface area contributed by atoms with E-state index in [1.54, 1.807) is 23.1 Å². The summed E-state index contributed by atoms with van der Waals surface area (Å²) >= 11 is 5.79. The lowest BCUT2D eigenvalue weighted by molar-refractivity contribution is 0.329. The third-order valence-electron chi connectivity index (χ3n) is 4.16. The van der Waals surface area contributed by atoms with Gasteiger partial charge in [-0.1, -0.05) is 11.6 Å². The predicted octanol–water partition coefficient (Wildman–Crippen LogP) is 1.70. The highest BCUT2D eigenvalue weighted by atomic mass is 35.5. The van der Waals surface area contributed by atoms with Crippen LogP contribution in [0.2, 0.25) is 5.02 Å². The molecule has 114 valence electrons. The predicted molar refractivity (Wildman–Crippen MR) is 83.2 cm³/mol. The summed E-state index contributed by atoms with van der Waals surface area (Å²) in [5.74, 6) is 1.65. The van der Waals surface area contributed by atoms with Gasteiger partial charge in [-0.3, -0.25) is 4.79 Å². The number of hydrogen-bond acceptors (Lipinski definition) is 5. The van der Waals surface area contributed by atoms with E-state index in [4.69, 9.17) is 11.6 Å². The van der Waals surface area contributed by atoms with Gasteiger partial charge in [-0.2, -0.15) is 5.10 Å². The average Bonchev–Trinajstić information content (AvgIpc) is 3.30. The second-order valence-electron chi connectivity index (χ2n) is 6.03. The van der Waals surface area contributed by atoms with Crippen molar-refractivity contribution in [2.75, 3.05) is 18.0 Å². The maximum Gasteiger partial charge on any atom is 0.266 e. The minimum absolute atomic E-state index is 0.0226. The van der Waals surface area contributed by atoms with Crippen molar-refractivity contribution < 1.29 is 0 Å². The minimum atomic E-state index is -0.0226. The number of nitrogens with zero attached hydrogens (tertiary/aromatic N) is 5. The van der Waals surface area contributed by atoms with Gasteiger partial charge >= 0.3 is 0 Å². The molecule has 2 fully saturated rings. The lowest BCUT2D eigenvalue weighted by Gasteiger charge is -2.39. The van der Waals surface area contributed by atoms with Gasteiger partial charge in [0.15, 0.2) is 0 Å². The number of halogens is 1. The molecule has 2 aromatic rings. The van der Waals surface area contributed by atoms with Crippen LogP contribution in [-0.4, -0.2) is 32.8 Å². The summed E-state index contributed by atoms with van der Waals surface area (Å²) in [6, 6.07) is 3.50. The molecule has 1 aliphatic carbocycles. The van der Waals surface area contributed by atoms with Crippen molar-refractivity contribution in [3.63, 3.8) is 0 Å². The Morgan fingerprint density at radius 1 is 1.18 bits per heavy atom. The molecule has 0 bridgehead atoms. The number of rotatable bonds is 4. The molecular weight excluding hydrogens is 302 g/mol. The average molecular weight is 318 g/mol. The smallest absolute Gasteiger partial charge is 0.266 e. The van der Waals surface area contributed by atoms with Crippen molar-refractivity contribution in [2.24, 2.45) is 5.92 Å².